The van der Waals surface area contributed by atoms with E-state index in [1.165, 1.54) is 19.4 Å². The van der Waals surface area contributed by atoms with E-state index in [2.05, 4.69) is 41.1 Å². The van der Waals surface area contributed by atoms with Gasteiger partial charge < -0.3 is 10.2 Å². The molecule has 0 spiro atoms. The molecular formula is C13H22N4. The van der Waals surface area contributed by atoms with Crippen LogP contribution in [0.3, 0.4) is 0 Å². The first-order valence-electron chi connectivity index (χ1n) is 6.30. The number of rotatable bonds is 3. The molecule has 1 atom stereocenters. The Kier molecular flexibility index (Phi) is 3.62. The zero-order chi connectivity index (χ0) is 12.3. The summed E-state index contributed by atoms with van der Waals surface area (Å²) in [4.78, 5) is 10.8. The van der Waals surface area contributed by atoms with Crippen molar-refractivity contribution < 1.29 is 0 Å². The van der Waals surface area contributed by atoms with Crippen molar-refractivity contribution in [1.29, 1.82) is 0 Å². The number of hydrogen-bond donors (Lipinski definition) is 1. The van der Waals surface area contributed by atoms with Crippen molar-refractivity contribution in [1.82, 2.24) is 14.9 Å². The highest BCUT2D eigenvalue weighted by Crippen LogP contribution is 2.34. The lowest BCUT2D eigenvalue weighted by Gasteiger charge is -2.45. The van der Waals surface area contributed by atoms with Gasteiger partial charge in [0.1, 0.15) is 5.82 Å². The lowest BCUT2D eigenvalue weighted by atomic mass is 9.76. The van der Waals surface area contributed by atoms with Gasteiger partial charge >= 0.3 is 0 Å². The largest absolute Gasteiger partial charge is 0.367 e. The fourth-order valence-corrected chi connectivity index (χ4v) is 2.73. The second kappa shape index (κ2) is 5.00. The van der Waals surface area contributed by atoms with E-state index in [1.807, 2.05) is 0 Å². The summed E-state index contributed by atoms with van der Waals surface area (Å²) in [6.45, 7) is 6.83. The van der Waals surface area contributed by atoms with E-state index in [4.69, 9.17) is 0 Å². The molecule has 0 saturated carbocycles. The van der Waals surface area contributed by atoms with Crippen molar-refractivity contribution in [2.75, 3.05) is 25.5 Å². The van der Waals surface area contributed by atoms with Crippen LogP contribution in [0.25, 0.3) is 0 Å². The number of hydrogen-bond acceptors (Lipinski definition) is 4. The predicted octanol–water partition coefficient (Wildman–Crippen LogP) is 2.01. The lowest BCUT2D eigenvalue weighted by molar-refractivity contribution is 0.0671. The van der Waals surface area contributed by atoms with Crippen LogP contribution in [0.15, 0.2) is 18.6 Å². The van der Waals surface area contributed by atoms with Crippen LogP contribution in [0.2, 0.25) is 0 Å². The molecule has 1 N–H and O–H groups in total. The van der Waals surface area contributed by atoms with E-state index in [-0.39, 0.29) is 0 Å². The quantitative estimate of drug-likeness (QED) is 0.868. The maximum Gasteiger partial charge on any atom is 0.144 e. The summed E-state index contributed by atoms with van der Waals surface area (Å²) in [6, 6.07) is 0.554. The molecule has 0 radical (unpaired) electrons. The van der Waals surface area contributed by atoms with Gasteiger partial charge in [-0.05, 0) is 31.8 Å². The van der Waals surface area contributed by atoms with E-state index < -0.39 is 0 Å². The lowest BCUT2D eigenvalue weighted by Crippen LogP contribution is -2.51. The molecule has 0 bridgehead atoms. The third-order valence-corrected chi connectivity index (χ3v) is 3.81. The van der Waals surface area contributed by atoms with Gasteiger partial charge in [0.25, 0.3) is 0 Å². The SMILES string of the molecule is CN1CCCC(C)(C)[C@@H]1CNc1cnccn1. The molecule has 1 aliphatic heterocycles. The summed E-state index contributed by atoms with van der Waals surface area (Å²) >= 11 is 0. The number of nitrogens with one attached hydrogen (secondary N) is 1. The van der Waals surface area contributed by atoms with Crippen molar-refractivity contribution in [2.24, 2.45) is 5.41 Å². The van der Waals surface area contributed by atoms with Crippen LogP contribution >= 0.6 is 0 Å². The molecule has 94 valence electrons. The predicted molar refractivity (Wildman–Crippen MR) is 70.0 cm³/mol. The average molecular weight is 234 g/mol. The number of likely N-dealkylation sites (N-methyl/N-ethyl adjacent to an activating group) is 1. The summed E-state index contributed by atoms with van der Waals surface area (Å²) in [5.74, 6) is 0.863. The minimum Gasteiger partial charge on any atom is -0.367 e. The molecule has 1 aliphatic rings. The molecule has 4 nitrogen and oxygen atoms in total. The first-order valence-corrected chi connectivity index (χ1v) is 6.30. The number of anilines is 1. The number of nitrogens with zero attached hydrogens (tertiary/aromatic N) is 3. The average Bonchev–Trinajstić information content (AvgIpc) is 2.29. The van der Waals surface area contributed by atoms with Gasteiger partial charge in [0.05, 0.1) is 6.20 Å². The minimum atomic E-state index is 0.363. The summed E-state index contributed by atoms with van der Waals surface area (Å²) < 4.78 is 0. The molecule has 2 heterocycles. The van der Waals surface area contributed by atoms with Crippen molar-refractivity contribution >= 4 is 5.82 Å². The highest BCUT2D eigenvalue weighted by molar-refractivity contribution is 5.30. The molecule has 17 heavy (non-hydrogen) atoms. The Morgan fingerprint density at radius 3 is 2.94 bits per heavy atom. The summed E-state index contributed by atoms with van der Waals surface area (Å²) in [5, 5.41) is 3.39. The van der Waals surface area contributed by atoms with Crippen molar-refractivity contribution in [3.63, 3.8) is 0 Å². The first kappa shape index (κ1) is 12.3. The van der Waals surface area contributed by atoms with E-state index in [0.717, 1.165) is 12.4 Å². The van der Waals surface area contributed by atoms with Crippen LogP contribution in [0.1, 0.15) is 26.7 Å². The molecule has 2 rings (SSSR count). The molecular weight excluding hydrogens is 212 g/mol. The van der Waals surface area contributed by atoms with Gasteiger partial charge in [-0.15, -0.1) is 0 Å². The summed E-state index contributed by atoms with van der Waals surface area (Å²) in [7, 11) is 2.21. The van der Waals surface area contributed by atoms with Gasteiger partial charge in [0.2, 0.25) is 0 Å². The van der Waals surface area contributed by atoms with Gasteiger partial charge in [-0.1, -0.05) is 13.8 Å². The number of aromatic nitrogens is 2. The number of piperidine rings is 1. The van der Waals surface area contributed by atoms with E-state index in [9.17, 15) is 0 Å². The Bertz CT molecular complexity index is 350. The normalized spacial score (nSPS) is 24.5. The molecule has 1 aromatic rings. The second-order valence-electron chi connectivity index (χ2n) is 5.56. The standard InChI is InChI=1S/C13H22N4/c1-13(2)5-4-8-17(3)11(13)9-16-12-10-14-6-7-15-12/h6-7,10-11H,4-5,8-9H2,1-3H3,(H,15,16)/t11-/m0/s1. The maximum atomic E-state index is 4.24. The van der Waals surface area contributed by atoms with Crippen LogP contribution in [0.5, 0.6) is 0 Å². The molecule has 0 unspecified atom stereocenters. The third kappa shape index (κ3) is 2.94. The summed E-state index contributed by atoms with van der Waals surface area (Å²) in [5.41, 5.74) is 0.363. The Balaban J connectivity index is 1.97. The summed E-state index contributed by atoms with van der Waals surface area (Å²) in [6.07, 6.45) is 7.78. The fourth-order valence-electron chi connectivity index (χ4n) is 2.73. The molecule has 0 aromatic carbocycles. The van der Waals surface area contributed by atoms with Gasteiger partial charge in [-0.25, -0.2) is 4.98 Å². The second-order valence-corrected chi connectivity index (χ2v) is 5.56. The van der Waals surface area contributed by atoms with Crippen LogP contribution in [0, 0.1) is 5.41 Å². The zero-order valence-corrected chi connectivity index (χ0v) is 11.0. The third-order valence-electron chi connectivity index (χ3n) is 3.81. The highest BCUT2D eigenvalue weighted by Gasteiger charge is 2.35. The molecule has 0 amide bonds. The van der Waals surface area contributed by atoms with Crippen LogP contribution in [-0.4, -0.2) is 41.0 Å². The van der Waals surface area contributed by atoms with Gasteiger partial charge in [0, 0.05) is 25.0 Å². The van der Waals surface area contributed by atoms with Crippen molar-refractivity contribution in [2.45, 2.75) is 32.7 Å². The van der Waals surface area contributed by atoms with Crippen LogP contribution in [-0.2, 0) is 0 Å². The molecule has 4 heteroatoms. The van der Waals surface area contributed by atoms with E-state index in [0.29, 0.717) is 11.5 Å². The molecule has 1 saturated heterocycles. The van der Waals surface area contributed by atoms with Gasteiger partial charge in [-0.3, -0.25) is 4.98 Å². The fraction of sp³-hybridized carbons (Fsp3) is 0.692. The number of likely N-dealkylation sites (tertiary alicyclic amines) is 1. The monoisotopic (exact) mass is 234 g/mol. The zero-order valence-electron chi connectivity index (χ0n) is 11.0. The van der Waals surface area contributed by atoms with Crippen LogP contribution in [0.4, 0.5) is 5.82 Å². The first-order chi connectivity index (χ1) is 8.09. The topological polar surface area (TPSA) is 41.0 Å². The minimum absolute atomic E-state index is 0.363. The van der Waals surface area contributed by atoms with Crippen molar-refractivity contribution in [3.05, 3.63) is 18.6 Å². The Morgan fingerprint density at radius 1 is 1.47 bits per heavy atom. The Hall–Kier alpha value is -1.16. The van der Waals surface area contributed by atoms with Gasteiger partial charge in [0.15, 0.2) is 0 Å². The molecule has 1 fully saturated rings. The maximum absolute atomic E-state index is 4.24. The van der Waals surface area contributed by atoms with Crippen LogP contribution < -0.4 is 5.32 Å². The van der Waals surface area contributed by atoms with Gasteiger partial charge in [-0.2, -0.15) is 0 Å². The highest BCUT2D eigenvalue weighted by atomic mass is 15.2. The Labute approximate surface area is 103 Å². The smallest absolute Gasteiger partial charge is 0.144 e. The van der Waals surface area contributed by atoms with E-state index >= 15 is 0 Å². The van der Waals surface area contributed by atoms with Crippen molar-refractivity contribution in [3.8, 4) is 0 Å². The van der Waals surface area contributed by atoms with E-state index in [1.54, 1.807) is 18.6 Å². The molecule has 0 aliphatic carbocycles. The molecule has 1 aromatic heterocycles. The Morgan fingerprint density at radius 2 is 2.29 bits per heavy atom.